The summed E-state index contributed by atoms with van der Waals surface area (Å²) in [6.07, 6.45) is 2.13. The Morgan fingerprint density at radius 1 is 1.47 bits per heavy atom. The van der Waals surface area contributed by atoms with E-state index in [0.717, 1.165) is 0 Å². The van der Waals surface area contributed by atoms with Crippen LogP contribution in [0.5, 0.6) is 0 Å². The third kappa shape index (κ3) is 5.55. The lowest BCUT2D eigenvalue weighted by Gasteiger charge is -2.19. The van der Waals surface area contributed by atoms with Gasteiger partial charge in [-0.2, -0.15) is 0 Å². The third-order valence-corrected chi connectivity index (χ3v) is 1.54. The van der Waals surface area contributed by atoms with E-state index in [1.54, 1.807) is 20.8 Å². The number of rotatable bonds is 2. The molecule has 17 heavy (non-hydrogen) atoms. The number of nitrogens with zero attached hydrogens (tertiary/aromatic N) is 1. The molecule has 0 saturated heterocycles. The van der Waals surface area contributed by atoms with Gasteiger partial charge in [0.1, 0.15) is 5.60 Å². The molecule has 0 aliphatic rings. The zero-order valence-electron chi connectivity index (χ0n) is 9.94. The van der Waals surface area contributed by atoms with Crippen molar-refractivity contribution in [2.24, 2.45) is 0 Å². The Labute approximate surface area is 98.5 Å². The van der Waals surface area contributed by atoms with E-state index in [1.165, 1.54) is 12.5 Å². The van der Waals surface area contributed by atoms with Gasteiger partial charge in [0.15, 0.2) is 0 Å². The second kappa shape index (κ2) is 5.33. The summed E-state index contributed by atoms with van der Waals surface area (Å²) in [4.78, 5) is 33.4. The van der Waals surface area contributed by atoms with E-state index in [0.29, 0.717) is 5.69 Å². The second-order valence-electron chi connectivity index (χ2n) is 4.33. The molecular formula is C10H15N3O4. The summed E-state index contributed by atoms with van der Waals surface area (Å²) in [6.45, 7) is 5.12. The number of imidazole rings is 1. The van der Waals surface area contributed by atoms with Crippen molar-refractivity contribution in [2.45, 2.75) is 32.8 Å². The van der Waals surface area contributed by atoms with Crippen LogP contribution in [0.4, 0.5) is 4.79 Å². The van der Waals surface area contributed by atoms with Gasteiger partial charge in [0.05, 0.1) is 12.7 Å². The van der Waals surface area contributed by atoms with Gasteiger partial charge in [0, 0.05) is 11.9 Å². The van der Waals surface area contributed by atoms with Gasteiger partial charge in [-0.1, -0.05) is 0 Å². The first kappa shape index (κ1) is 13.0. The molecule has 0 aliphatic carbocycles. The number of hydrogen-bond acceptors (Lipinski definition) is 5. The van der Waals surface area contributed by atoms with E-state index >= 15 is 0 Å². The number of amides is 1. The van der Waals surface area contributed by atoms with Crippen LogP contribution in [0.3, 0.4) is 0 Å². The molecule has 0 unspecified atom stereocenters. The molecule has 1 rings (SSSR count). The number of H-pyrrole nitrogens is 1. The number of aromatic nitrogens is 2. The van der Waals surface area contributed by atoms with Crippen molar-refractivity contribution >= 4 is 12.1 Å². The molecule has 94 valence electrons. The molecule has 0 radical (unpaired) electrons. The van der Waals surface area contributed by atoms with E-state index in [2.05, 4.69) is 14.8 Å². The monoisotopic (exact) mass is 241 g/mol. The summed E-state index contributed by atoms with van der Waals surface area (Å²) in [5.74, 6) is -0.611. The van der Waals surface area contributed by atoms with E-state index in [1.807, 2.05) is 5.48 Å². The summed E-state index contributed by atoms with van der Waals surface area (Å²) in [7, 11) is 0. The van der Waals surface area contributed by atoms with Crippen LogP contribution in [0.2, 0.25) is 0 Å². The average molecular weight is 241 g/mol. The predicted octanol–water partition coefficient (Wildman–Crippen LogP) is 0.935. The Kier molecular flexibility index (Phi) is 4.08. The maximum atomic E-state index is 11.2. The lowest BCUT2D eigenvalue weighted by Crippen LogP contribution is -2.34. The zero-order valence-corrected chi connectivity index (χ0v) is 9.94. The van der Waals surface area contributed by atoms with Gasteiger partial charge in [0.25, 0.3) is 0 Å². The highest BCUT2D eigenvalue weighted by Crippen LogP contribution is 2.06. The lowest BCUT2D eigenvalue weighted by atomic mass is 10.2. The summed E-state index contributed by atoms with van der Waals surface area (Å²) < 4.78 is 4.88. The highest BCUT2D eigenvalue weighted by atomic mass is 16.7. The minimum Gasteiger partial charge on any atom is -0.442 e. The van der Waals surface area contributed by atoms with Crippen molar-refractivity contribution in [3.8, 4) is 0 Å². The minimum atomic E-state index is -0.810. The molecule has 1 heterocycles. The number of hydrogen-bond donors (Lipinski definition) is 2. The van der Waals surface area contributed by atoms with Gasteiger partial charge >= 0.3 is 12.1 Å². The summed E-state index contributed by atoms with van der Waals surface area (Å²) in [5, 5.41) is 0. The molecule has 0 fully saturated rings. The molecule has 0 aromatic carbocycles. The van der Waals surface area contributed by atoms with Crippen molar-refractivity contribution in [1.29, 1.82) is 0 Å². The van der Waals surface area contributed by atoms with Crippen molar-refractivity contribution in [2.75, 3.05) is 0 Å². The molecule has 0 spiro atoms. The van der Waals surface area contributed by atoms with Crippen LogP contribution >= 0.6 is 0 Å². The predicted molar refractivity (Wildman–Crippen MR) is 57.8 cm³/mol. The number of ether oxygens (including phenoxy) is 1. The third-order valence-electron chi connectivity index (χ3n) is 1.54. The Hall–Kier alpha value is -2.05. The van der Waals surface area contributed by atoms with Crippen LogP contribution in [0.25, 0.3) is 0 Å². The fourth-order valence-electron chi connectivity index (χ4n) is 0.970. The van der Waals surface area contributed by atoms with Crippen LogP contribution in [-0.2, 0) is 20.8 Å². The molecule has 0 aliphatic heterocycles. The first-order chi connectivity index (χ1) is 7.87. The summed E-state index contributed by atoms with van der Waals surface area (Å²) >= 11 is 0. The highest BCUT2D eigenvalue weighted by molar-refractivity contribution is 5.74. The first-order valence-electron chi connectivity index (χ1n) is 5.03. The van der Waals surface area contributed by atoms with Crippen LogP contribution in [-0.4, -0.2) is 27.6 Å². The van der Waals surface area contributed by atoms with Gasteiger partial charge in [0.2, 0.25) is 0 Å². The number of carbonyl (C=O) groups is 2. The molecule has 0 atom stereocenters. The molecule has 1 aromatic rings. The number of hydroxylamine groups is 1. The van der Waals surface area contributed by atoms with Gasteiger partial charge in [-0.25, -0.2) is 14.6 Å². The van der Waals surface area contributed by atoms with E-state index in [9.17, 15) is 9.59 Å². The van der Waals surface area contributed by atoms with Crippen molar-refractivity contribution in [3.63, 3.8) is 0 Å². The Balaban J connectivity index is 2.26. The van der Waals surface area contributed by atoms with Gasteiger partial charge in [-0.05, 0) is 20.8 Å². The van der Waals surface area contributed by atoms with Crippen molar-refractivity contribution < 1.29 is 19.2 Å². The molecule has 7 nitrogen and oxygen atoms in total. The average Bonchev–Trinajstić information content (AvgIpc) is 2.64. The maximum Gasteiger partial charge on any atom is 0.441 e. The molecule has 1 aromatic heterocycles. The van der Waals surface area contributed by atoms with Gasteiger partial charge in [-0.15, -0.1) is 5.48 Å². The zero-order chi connectivity index (χ0) is 12.9. The molecule has 1 amide bonds. The van der Waals surface area contributed by atoms with Crippen LogP contribution < -0.4 is 5.48 Å². The minimum absolute atomic E-state index is 0.00417. The highest BCUT2D eigenvalue weighted by Gasteiger charge is 2.17. The second-order valence-corrected chi connectivity index (χ2v) is 4.33. The van der Waals surface area contributed by atoms with Crippen molar-refractivity contribution in [3.05, 3.63) is 18.2 Å². The normalized spacial score (nSPS) is 10.8. The Morgan fingerprint density at radius 3 is 2.71 bits per heavy atom. The number of aromatic amines is 1. The first-order valence-corrected chi connectivity index (χ1v) is 5.03. The van der Waals surface area contributed by atoms with Crippen LogP contribution in [0.1, 0.15) is 26.5 Å². The Morgan fingerprint density at radius 2 is 2.18 bits per heavy atom. The molecular weight excluding hydrogens is 226 g/mol. The van der Waals surface area contributed by atoms with E-state index < -0.39 is 17.7 Å². The summed E-state index contributed by atoms with van der Waals surface area (Å²) in [6, 6.07) is 0. The van der Waals surface area contributed by atoms with Gasteiger partial charge < -0.3 is 14.6 Å². The molecule has 0 bridgehead atoms. The fraction of sp³-hybridized carbons (Fsp3) is 0.500. The SMILES string of the molecule is CC(C)(C)OC(=O)NOC(=O)Cc1cnc[nH]1. The number of carbonyl (C=O) groups excluding carboxylic acids is 2. The smallest absolute Gasteiger partial charge is 0.441 e. The molecule has 7 heteroatoms. The van der Waals surface area contributed by atoms with E-state index in [4.69, 9.17) is 4.74 Å². The van der Waals surface area contributed by atoms with E-state index in [-0.39, 0.29) is 6.42 Å². The largest absolute Gasteiger partial charge is 0.442 e. The molecule has 0 saturated carbocycles. The van der Waals surface area contributed by atoms with Crippen molar-refractivity contribution in [1.82, 2.24) is 15.4 Å². The van der Waals surface area contributed by atoms with Gasteiger partial charge in [-0.3, -0.25) is 0 Å². The maximum absolute atomic E-state index is 11.2. The van der Waals surface area contributed by atoms with Crippen LogP contribution in [0.15, 0.2) is 12.5 Å². The quantitative estimate of drug-likeness (QED) is 0.751. The topological polar surface area (TPSA) is 93.3 Å². The number of nitrogens with one attached hydrogen (secondary N) is 2. The fourth-order valence-corrected chi connectivity index (χ4v) is 0.970. The lowest BCUT2D eigenvalue weighted by molar-refractivity contribution is -0.149. The standard InChI is InChI=1S/C10H15N3O4/c1-10(2,3)16-9(15)13-17-8(14)4-7-5-11-6-12-7/h5-6H,4H2,1-3H3,(H,11,12)(H,13,15). The summed E-state index contributed by atoms with van der Waals surface area (Å²) in [5.41, 5.74) is 1.87. The molecule has 2 N–H and O–H groups in total. The van der Waals surface area contributed by atoms with Crippen LogP contribution in [0, 0.1) is 0 Å². The Bertz CT molecular complexity index is 381.